The number of ether oxygens (including phenoxy) is 1. The second-order valence-corrected chi connectivity index (χ2v) is 7.45. The lowest BCUT2D eigenvalue weighted by Crippen LogP contribution is -2.30. The summed E-state index contributed by atoms with van der Waals surface area (Å²) in [6.07, 6.45) is 5.22. The van der Waals surface area contributed by atoms with Gasteiger partial charge in [-0.3, -0.25) is 14.2 Å². The normalized spacial score (nSPS) is 12.7. The van der Waals surface area contributed by atoms with E-state index in [0.29, 0.717) is 30.6 Å². The molecule has 0 unspecified atom stereocenters. The van der Waals surface area contributed by atoms with Crippen LogP contribution in [0, 0.1) is 6.92 Å². The maximum Gasteiger partial charge on any atom is 0.261 e. The van der Waals surface area contributed by atoms with E-state index < -0.39 is 0 Å². The predicted octanol–water partition coefficient (Wildman–Crippen LogP) is 2.78. The third-order valence-corrected chi connectivity index (χ3v) is 5.40. The van der Waals surface area contributed by atoms with Gasteiger partial charge in [0.05, 0.1) is 23.8 Å². The van der Waals surface area contributed by atoms with Crippen molar-refractivity contribution < 1.29 is 9.53 Å². The van der Waals surface area contributed by atoms with Gasteiger partial charge in [0, 0.05) is 13.0 Å². The van der Waals surface area contributed by atoms with Crippen molar-refractivity contribution in [1.29, 1.82) is 0 Å². The Bertz CT molecular complexity index is 1100. The van der Waals surface area contributed by atoms with E-state index in [4.69, 9.17) is 4.74 Å². The molecule has 0 spiro atoms. The Kier molecular flexibility index (Phi) is 5.60. The minimum atomic E-state index is -0.119. The molecule has 0 aliphatic heterocycles. The molecule has 0 bridgehead atoms. The van der Waals surface area contributed by atoms with Gasteiger partial charge in [-0.1, -0.05) is 18.2 Å². The fourth-order valence-electron chi connectivity index (χ4n) is 3.80. The second-order valence-electron chi connectivity index (χ2n) is 7.45. The minimum absolute atomic E-state index is 0.112. The lowest BCUT2D eigenvalue weighted by Gasteiger charge is -2.10. The first kappa shape index (κ1) is 19.2. The minimum Gasteiger partial charge on any atom is -0.492 e. The van der Waals surface area contributed by atoms with E-state index in [1.54, 1.807) is 6.07 Å². The zero-order chi connectivity index (χ0) is 20.2. The molecular weight excluding hydrogens is 366 g/mol. The van der Waals surface area contributed by atoms with Crippen LogP contribution in [-0.2, 0) is 24.2 Å². The Morgan fingerprint density at radius 2 is 2.07 bits per heavy atom. The van der Waals surface area contributed by atoms with Crippen LogP contribution < -0.4 is 15.6 Å². The van der Waals surface area contributed by atoms with Crippen molar-refractivity contribution in [3.63, 3.8) is 0 Å². The summed E-state index contributed by atoms with van der Waals surface area (Å²) in [6, 6.07) is 11.8. The molecule has 0 atom stereocenters. The van der Waals surface area contributed by atoms with Crippen LogP contribution in [0.1, 0.15) is 29.5 Å². The number of benzene rings is 2. The van der Waals surface area contributed by atoms with Gasteiger partial charge in [0.1, 0.15) is 12.4 Å². The number of para-hydroxylation sites is 1. The van der Waals surface area contributed by atoms with Gasteiger partial charge < -0.3 is 10.1 Å². The number of nitrogens with one attached hydrogen (secondary N) is 1. The molecule has 0 saturated heterocycles. The highest BCUT2D eigenvalue weighted by Crippen LogP contribution is 2.25. The van der Waals surface area contributed by atoms with Gasteiger partial charge >= 0.3 is 0 Å². The molecule has 0 fully saturated rings. The Hall–Kier alpha value is -3.15. The van der Waals surface area contributed by atoms with E-state index in [1.807, 2.05) is 25.1 Å². The van der Waals surface area contributed by atoms with Crippen LogP contribution in [0.5, 0.6) is 5.75 Å². The smallest absolute Gasteiger partial charge is 0.261 e. The molecule has 1 N–H and O–H groups in total. The summed E-state index contributed by atoms with van der Waals surface area (Å²) in [5.41, 5.74) is 4.34. The molecule has 2 aromatic carbocycles. The molecule has 3 aromatic rings. The Morgan fingerprint density at radius 3 is 2.97 bits per heavy atom. The van der Waals surface area contributed by atoms with E-state index in [1.165, 1.54) is 28.4 Å². The van der Waals surface area contributed by atoms with Crippen molar-refractivity contribution in [1.82, 2.24) is 14.9 Å². The second kappa shape index (κ2) is 8.47. The van der Waals surface area contributed by atoms with Gasteiger partial charge in [-0.2, -0.15) is 0 Å². The van der Waals surface area contributed by atoms with Crippen molar-refractivity contribution in [2.24, 2.45) is 0 Å². The summed E-state index contributed by atoms with van der Waals surface area (Å²) in [5, 5.41) is 3.42. The molecule has 0 radical (unpaired) electrons. The SMILES string of the molecule is Cc1cccc2c(=O)n(CCC(=O)NCCOc3ccc4c(c3)CCC4)cnc12. The number of carbonyl (C=O) groups is 1. The van der Waals surface area contributed by atoms with Gasteiger partial charge in [-0.25, -0.2) is 4.98 Å². The van der Waals surface area contributed by atoms with Crippen molar-refractivity contribution in [2.75, 3.05) is 13.2 Å². The van der Waals surface area contributed by atoms with Crippen LogP contribution in [-0.4, -0.2) is 28.6 Å². The molecule has 1 aliphatic rings. The first-order valence-corrected chi connectivity index (χ1v) is 10.1. The molecule has 0 saturated carbocycles. The predicted molar refractivity (Wildman–Crippen MR) is 112 cm³/mol. The summed E-state index contributed by atoms with van der Waals surface area (Å²) in [5.74, 6) is 0.739. The summed E-state index contributed by atoms with van der Waals surface area (Å²) in [7, 11) is 0. The number of amides is 1. The van der Waals surface area contributed by atoms with Crippen LogP contribution in [0.4, 0.5) is 0 Å². The summed E-state index contributed by atoms with van der Waals surface area (Å²) >= 11 is 0. The van der Waals surface area contributed by atoms with Crippen LogP contribution in [0.3, 0.4) is 0 Å². The zero-order valence-corrected chi connectivity index (χ0v) is 16.6. The number of nitrogens with zero attached hydrogens (tertiary/aromatic N) is 2. The quantitative estimate of drug-likeness (QED) is 0.629. The van der Waals surface area contributed by atoms with E-state index >= 15 is 0 Å². The van der Waals surface area contributed by atoms with E-state index in [9.17, 15) is 9.59 Å². The number of rotatable bonds is 7. The molecule has 1 aliphatic carbocycles. The molecule has 1 heterocycles. The number of aromatic nitrogens is 2. The standard InChI is InChI=1S/C23H25N3O3/c1-16-4-2-7-20-22(16)25-15-26(23(20)28)12-10-21(27)24-11-13-29-19-9-8-17-5-3-6-18(17)14-19/h2,4,7-9,14-15H,3,5-6,10-13H2,1H3,(H,24,27). The maximum atomic E-state index is 12.6. The fraction of sp³-hybridized carbons (Fsp3) is 0.348. The summed E-state index contributed by atoms with van der Waals surface area (Å²) < 4.78 is 7.23. The first-order valence-electron chi connectivity index (χ1n) is 10.1. The van der Waals surface area contributed by atoms with Crippen molar-refractivity contribution in [3.05, 3.63) is 69.8 Å². The summed E-state index contributed by atoms with van der Waals surface area (Å²) in [6.45, 7) is 3.08. The summed E-state index contributed by atoms with van der Waals surface area (Å²) in [4.78, 5) is 29.0. The largest absolute Gasteiger partial charge is 0.492 e. The third kappa shape index (κ3) is 4.31. The van der Waals surface area contributed by atoms with E-state index in [-0.39, 0.29) is 17.9 Å². The fourth-order valence-corrected chi connectivity index (χ4v) is 3.80. The molecule has 1 aromatic heterocycles. The topological polar surface area (TPSA) is 73.2 Å². The average Bonchev–Trinajstić information content (AvgIpc) is 3.19. The molecule has 6 heteroatoms. The Morgan fingerprint density at radius 1 is 1.21 bits per heavy atom. The highest BCUT2D eigenvalue weighted by Gasteiger charge is 2.11. The van der Waals surface area contributed by atoms with Crippen molar-refractivity contribution in [2.45, 2.75) is 39.2 Å². The number of aryl methyl sites for hydroxylation is 4. The maximum absolute atomic E-state index is 12.6. The third-order valence-electron chi connectivity index (χ3n) is 5.40. The highest BCUT2D eigenvalue weighted by molar-refractivity contribution is 5.80. The molecule has 29 heavy (non-hydrogen) atoms. The first-order chi connectivity index (χ1) is 14.1. The molecule has 6 nitrogen and oxygen atoms in total. The van der Waals surface area contributed by atoms with Gasteiger partial charge in [0.2, 0.25) is 5.91 Å². The number of carbonyl (C=O) groups excluding carboxylic acids is 1. The van der Waals surface area contributed by atoms with Crippen LogP contribution in [0.2, 0.25) is 0 Å². The average molecular weight is 391 g/mol. The van der Waals surface area contributed by atoms with Crippen LogP contribution in [0.25, 0.3) is 10.9 Å². The number of hydrogen-bond acceptors (Lipinski definition) is 4. The molecule has 150 valence electrons. The monoisotopic (exact) mass is 391 g/mol. The lowest BCUT2D eigenvalue weighted by atomic mass is 10.1. The Labute approximate surface area is 169 Å². The Balaban J connectivity index is 1.25. The number of fused-ring (bicyclic) bond motifs is 2. The van der Waals surface area contributed by atoms with Gasteiger partial charge in [-0.15, -0.1) is 0 Å². The van der Waals surface area contributed by atoms with E-state index in [2.05, 4.69) is 22.4 Å². The lowest BCUT2D eigenvalue weighted by molar-refractivity contribution is -0.121. The van der Waals surface area contributed by atoms with Crippen molar-refractivity contribution >= 4 is 16.8 Å². The van der Waals surface area contributed by atoms with Crippen LogP contribution >= 0.6 is 0 Å². The number of hydrogen-bond donors (Lipinski definition) is 1. The van der Waals surface area contributed by atoms with Gasteiger partial charge in [-0.05, 0) is 61.1 Å². The highest BCUT2D eigenvalue weighted by atomic mass is 16.5. The molecule has 1 amide bonds. The van der Waals surface area contributed by atoms with Gasteiger partial charge in [0.15, 0.2) is 0 Å². The van der Waals surface area contributed by atoms with Gasteiger partial charge in [0.25, 0.3) is 5.56 Å². The van der Waals surface area contributed by atoms with Crippen molar-refractivity contribution in [3.8, 4) is 5.75 Å². The van der Waals surface area contributed by atoms with Crippen LogP contribution in [0.15, 0.2) is 47.5 Å². The molecular formula is C23H25N3O3. The zero-order valence-electron chi connectivity index (χ0n) is 16.6. The van der Waals surface area contributed by atoms with E-state index in [0.717, 1.165) is 24.2 Å². The molecule has 4 rings (SSSR count).